The molecule has 5 heteroatoms. The van der Waals surface area contributed by atoms with Gasteiger partial charge in [0, 0.05) is 6.54 Å². The van der Waals surface area contributed by atoms with Gasteiger partial charge < -0.3 is 0 Å². The van der Waals surface area contributed by atoms with Gasteiger partial charge in [0.2, 0.25) is 6.08 Å². The first-order valence-electron chi connectivity index (χ1n) is 4.76. The van der Waals surface area contributed by atoms with E-state index in [2.05, 4.69) is 15.3 Å². The van der Waals surface area contributed by atoms with Crippen molar-refractivity contribution in [2.24, 2.45) is 10.9 Å². The number of hydrogen-bond donors (Lipinski definition) is 0. The van der Waals surface area contributed by atoms with Crippen LogP contribution in [0, 0.1) is 5.92 Å². The fourth-order valence-electron chi connectivity index (χ4n) is 1.30. The summed E-state index contributed by atoms with van der Waals surface area (Å²) in [5.74, 6) is 0.773. The molecule has 14 heavy (non-hydrogen) atoms. The number of isocyanates is 1. The lowest BCUT2D eigenvalue weighted by atomic mass is 10.3. The largest absolute Gasteiger partial charge is 0.252 e. The summed E-state index contributed by atoms with van der Waals surface area (Å²) in [6.45, 7) is 2.74. The highest BCUT2D eigenvalue weighted by molar-refractivity contribution is 5.34. The number of carbonyl (C=O) groups excluding carboxylic acids is 1. The average Bonchev–Trinajstić information content (AvgIpc) is 2.82. The fraction of sp³-hybridized carbons (Fsp3) is 0.667. The van der Waals surface area contributed by atoms with Crippen molar-refractivity contribution in [3.63, 3.8) is 0 Å². The summed E-state index contributed by atoms with van der Waals surface area (Å²) < 4.78 is 1.82. The van der Waals surface area contributed by atoms with Crippen LogP contribution in [0.5, 0.6) is 0 Å². The Hall–Kier alpha value is -1.48. The molecule has 1 aliphatic rings. The summed E-state index contributed by atoms with van der Waals surface area (Å²) in [6.07, 6.45) is 5.96. The zero-order valence-electron chi connectivity index (χ0n) is 8.05. The van der Waals surface area contributed by atoms with E-state index in [-0.39, 0.29) is 6.04 Å². The van der Waals surface area contributed by atoms with Gasteiger partial charge in [0.25, 0.3) is 0 Å². The lowest BCUT2D eigenvalue weighted by molar-refractivity contribution is 0.544. The minimum Gasteiger partial charge on any atom is -0.252 e. The van der Waals surface area contributed by atoms with E-state index in [0.717, 1.165) is 18.2 Å². The highest BCUT2D eigenvalue weighted by Gasteiger charge is 2.22. The molecular formula is C9H12N4O. The highest BCUT2D eigenvalue weighted by Crippen LogP contribution is 2.30. The van der Waals surface area contributed by atoms with Crippen LogP contribution in [-0.4, -0.2) is 21.1 Å². The second-order valence-electron chi connectivity index (χ2n) is 3.71. The van der Waals surface area contributed by atoms with Gasteiger partial charge in [-0.3, -0.25) is 4.68 Å². The second-order valence-corrected chi connectivity index (χ2v) is 3.71. The van der Waals surface area contributed by atoms with Gasteiger partial charge in [-0.1, -0.05) is 5.21 Å². The monoisotopic (exact) mass is 192 g/mol. The summed E-state index contributed by atoms with van der Waals surface area (Å²) in [5, 5.41) is 7.93. The van der Waals surface area contributed by atoms with Gasteiger partial charge in [-0.25, -0.2) is 4.79 Å². The smallest absolute Gasteiger partial charge is 0.235 e. The fourth-order valence-corrected chi connectivity index (χ4v) is 1.30. The molecule has 0 aromatic carbocycles. The minimum absolute atomic E-state index is 0.236. The van der Waals surface area contributed by atoms with Gasteiger partial charge in [-0.15, -0.1) is 5.10 Å². The molecule has 0 spiro atoms. The summed E-state index contributed by atoms with van der Waals surface area (Å²) in [6, 6.07) is -0.236. The predicted octanol–water partition coefficient (Wildman–Crippen LogP) is 1.08. The molecule has 74 valence electrons. The average molecular weight is 192 g/mol. The first-order valence-corrected chi connectivity index (χ1v) is 4.76. The van der Waals surface area contributed by atoms with E-state index < -0.39 is 0 Å². The first-order chi connectivity index (χ1) is 6.79. The Bertz CT molecular complexity index is 363. The summed E-state index contributed by atoms with van der Waals surface area (Å²) in [7, 11) is 0. The van der Waals surface area contributed by atoms with Crippen molar-refractivity contribution in [1.29, 1.82) is 0 Å². The molecule has 1 aromatic heterocycles. The van der Waals surface area contributed by atoms with Crippen LogP contribution >= 0.6 is 0 Å². The van der Waals surface area contributed by atoms with E-state index in [1.165, 1.54) is 18.9 Å². The van der Waals surface area contributed by atoms with E-state index in [0.29, 0.717) is 0 Å². The third-order valence-corrected chi connectivity index (χ3v) is 2.37. The molecule has 1 aliphatic carbocycles. The van der Waals surface area contributed by atoms with Crippen LogP contribution in [0.4, 0.5) is 0 Å². The number of aliphatic imine (C=N–C) groups is 1. The molecule has 2 rings (SSSR count). The molecule has 5 nitrogen and oxygen atoms in total. The van der Waals surface area contributed by atoms with Gasteiger partial charge in [-0.2, -0.15) is 4.99 Å². The van der Waals surface area contributed by atoms with Crippen molar-refractivity contribution < 1.29 is 4.79 Å². The van der Waals surface area contributed by atoms with Crippen molar-refractivity contribution in [3.8, 4) is 0 Å². The number of aromatic nitrogens is 3. The van der Waals surface area contributed by atoms with Gasteiger partial charge in [0.1, 0.15) is 11.7 Å². The molecule has 1 saturated carbocycles. The van der Waals surface area contributed by atoms with E-state index in [1.807, 2.05) is 10.9 Å². The van der Waals surface area contributed by atoms with Crippen molar-refractivity contribution >= 4 is 6.08 Å². The molecule has 0 radical (unpaired) electrons. The molecule has 1 unspecified atom stereocenters. The summed E-state index contributed by atoms with van der Waals surface area (Å²) in [4.78, 5) is 13.6. The van der Waals surface area contributed by atoms with Gasteiger partial charge in [0.05, 0.1) is 6.20 Å². The van der Waals surface area contributed by atoms with Crippen LogP contribution in [0.25, 0.3) is 0 Å². The Morgan fingerprint density at radius 1 is 1.79 bits per heavy atom. The molecule has 1 aromatic rings. The Kier molecular flexibility index (Phi) is 2.41. The maximum atomic E-state index is 10.0. The molecule has 1 atom stereocenters. The first kappa shape index (κ1) is 9.09. The maximum absolute atomic E-state index is 10.0. The third kappa shape index (κ3) is 2.06. The van der Waals surface area contributed by atoms with Crippen molar-refractivity contribution in [2.45, 2.75) is 32.4 Å². The Morgan fingerprint density at radius 3 is 3.21 bits per heavy atom. The molecule has 1 fully saturated rings. The lowest BCUT2D eigenvalue weighted by Crippen LogP contribution is -1.99. The van der Waals surface area contributed by atoms with Crippen LogP contribution in [0.3, 0.4) is 0 Å². The van der Waals surface area contributed by atoms with Gasteiger partial charge in [0.15, 0.2) is 0 Å². The van der Waals surface area contributed by atoms with Crippen molar-refractivity contribution in [1.82, 2.24) is 15.0 Å². The molecule has 0 bridgehead atoms. The minimum atomic E-state index is -0.236. The van der Waals surface area contributed by atoms with E-state index >= 15 is 0 Å². The van der Waals surface area contributed by atoms with Crippen LogP contribution in [-0.2, 0) is 11.3 Å². The summed E-state index contributed by atoms with van der Waals surface area (Å²) >= 11 is 0. The van der Waals surface area contributed by atoms with Crippen LogP contribution in [0.15, 0.2) is 11.2 Å². The third-order valence-electron chi connectivity index (χ3n) is 2.37. The SMILES string of the molecule is CC(N=C=O)c1cn(CC2CC2)nn1. The van der Waals surface area contributed by atoms with Crippen LogP contribution in [0.2, 0.25) is 0 Å². The number of hydrogen-bond acceptors (Lipinski definition) is 4. The van der Waals surface area contributed by atoms with Crippen molar-refractivity contribution in [3.05, 3.63) is 11.9 Å². The standard InChI is InChI=1S/C9H12N4O/c1-7(10-6-14)9-5-13(12-11-9)4-8-2-3-8/h5,7-8H,2-4H2,1H3. The molecule has 0 aliphatic heterocycles. The van der Waals surface area contributed by atoms with Gasteiger partial charge >= 0.3 is 0 Å². The quantitative estimate of drug-likeness (QED) is 0.530. The normalized spacial score (nSPS) is 17.5. The zero-order chi connectivity index (χ0) is 9.97. The van der Waals surface area contributed by atoms with Gasteiger partial charge in [-0.05, 0) is 25.7 Å². The molecule has 0 N–H and O–H groups in total. The highest BCUT2D eigenvalue weighted by atomic mass is 16.1. The summed E-state index contributed by atoms with van der Waals surface area (Å²) in [5.41, 5.74) is 0.731. The second kappa shape index (κ2) is 3.72. The maximum Gasteiger partial charge on any atom is 0.235 e. The molecule has 0 saturated heterocycles. The van der Waals surface area contributed by atoms with Crippen molar-refractivity contribution in [2.75, 3.05) is 0 Å². The zero-order valence-corrected chi connectivity index (χ0v) is 8.05. The lowest BCUT2D eigenvalue weighted by Gasteiger charge is -1.96. The topological polar surface area (TPSA) is 60.1 Å². The van der Waals surface area contributed by atoms with E-state index in [9.17, 15) is 4.79 Å². The van der Waals surface area contributed by atoms with E-state index in [4.69, 9.17) is 0 Å². The van der Waals surface area contributed by atoms with E-state index in [1.54, 1.807) is 6.92 Å². The Morgan fingerprint density at radius 2 is 2.57 bits per heavy atom. The van der Waals surface area contributed by atoms with Crippen LogP contribution in [0.1, 0.15) is 31.5 Å². The van der Waals surface area contributed by atoms with Crippen LogP contribution < -0.4 is 0 Å². The molecular weight excluding hydrogens is 180 g/mol. The Balaban J connectivity index is 2.03. The molecule has 0 amide bonds. The number of nitrogens with zero attached hydrogens (tertiary/aromatic N) is 4. The predicted molar refractivity (Wildman–Crippen MR) is 49.3 cm³/mol. The Labute approximate surface area is 81.8 Å². The molecule has 1 heterocycles. The number of rotatable bonds is 4.